The van der Waals surface area contributed by atoms with Crippen LogP contribution in [0.25, 0.3) is 10.8 Å². The first-order valence-electron chi connectivity index (χ1n) is 6.25. The summed E-state index contributed by atoms with van der Waals surface area (Å²) >= 11 is 3.59. The molecule has 1 aromatic heterocycles. The maximum atomic E-state index is 4.35. The zero-order valence-corrected chi connectivity index (χ0v) is 12.2. The van der Waals surface area contributed by atoms with Gasteiger partial charge >= 0.3 is 0 Å². The Hall–Kier alpha value is -1.81. The third-order valence-corrected chi connectivity index (χ3v) is 3.87. The molecular formula is C15H14BrN3. The number of benzene rings is 2. The molecule has 0 atom stereocenters. The molecule has 4 heteroatoms. The Balaban J connectivity index is 2.09. The molecule has 0 radical (unpaired) electrons. The van der Waals surface area contributed by atoms with Crippen molar-refractivity contribution in [2.45, 2.75) is 13.5 Å². The molecule has 0 saturated heterocycles. The zero-order chi connectivity index (χ0) is 13.2. The smallest absolute Gasteiger partial charge is 0.207 e. The minimum absolute atomic E-state index is 0.870. The lowest BCUT2D eigenvalue weighted by molar-refractivity contribution is 0.772. The molecule has 3 rings (SSSR count). The second-order valence-corrected chi connectivity index (χ2v) is 5.16. The second-order valence-electron chi connectivity index (χ2n) is 4.30. The first kappa shape index (κ1) is 12.2. The third-order valence-electron chi connectivity index (χ3n) is 3.17. The Kier molecular flexibility index (Phi) is 3.25. The molecule has 96 valence electrons. The number of hydrogen-bond acceptors (Lipinski definition) is 2. The summed E-state index contributed by atoms with van der Waals surface area (Å²) < 4.78 is 3.18. The highest BCUT2D eigenvalue weighted by atomic mass is 79.9. The van der Waals surface area contributed by atoms with E-state index in [-0.39, 0.29) is 0 Å². The molecule has 19 heavy (non-hydrogen) atoms. The normalized spacial score (nSPS) is 10.8. The molecular weight excluding hydrogens is 302 g/mol. The molecule has 1 N–H and O–H groups in total. The number of imidazole rings is 1. The Labute approximate surface area is 120 Å². The fourth-order valence-corrected chi connectivity index (χ4v) is 2.66. The van der Waals surface area contributed by atoms with Crippen molar-refractivity contribution in [1.82, 2.24) is 9.55 Å². The van der Waals surface area contributed by atoms with Crippen LogP contribution in [-0.4, -0.2) is 9.55 Å². The van der Waals surface area contributed by atoms with Gasteiger partial charge in [0.2, 0.25) is 5.95 Å². The Morgan fingerprint density at radius 2 is 1.95 bits per heavy atom. The molecule has 2 aromatic carbocycles. The van der Waals surface area contributed by atoms with Gasteiger partial charge in [-0.3, -0.25) is 0 Å². The van der Waals surface area contributed by atoms with Gasteiger partial charge in [0.25, 0.3) is 0 Å². The number of nitrogens with one attached hydrogen (secondary N) is 1. The summed E-state index contributed by atoms with van der Waals surface area (Å²) in [5.74, 6) is 0.870. The van der Waals surface area contributed by atoms with E-state index < -0.39 is 0 Å². The van der Waals surface area contributed by atoms with E-state index in [9.17, 15) is 0 Å². The van der Waals surface area contributed by atoms with E-state index >= 15 is 0 Å². The Morgan fingerprint density at radius 1 is 1.16 bits per heavy atom. The SMILES string of the molecule is CCn1ccnc1Nc1ccc(Br)c2ccccc12. The van der Waals surface area contributed by atoms with Crippen LogP contribution in [-0.2, 0) is 6.54 Å². The third kappa shape index (κ3) is 2.24. The number of hydrogen-bond donors (Lipinski definition) is 1. The quantitative estimate of drug-likeness (QED) is 0.767. The number of aromatic nitrogens is 2. The number of fused-ring (bicyclic) bond motifs is 1. The molecule has 0 aliphatic heterocycles. The van der Waals surface area contributed by atoms with Gasteiger partial charge in [0.05, 0.1) is 0 Å². The Morgan fingerprint density at radius 3 is 2.74 bits per heavy atom. The molecule has 1 heterocycles. The summed E-state index contributed by atoms with van der Waals surface area (Å²) in [5, 5.41) is 5.78. The van der Waals surface area contributed by atoms with Gasteiger partial charge in [-0.25, -0.2) is 4.98 Å². The van der Waals surface area contributed by atoms with Crippen molar-refractivity contribution >= 4 is 38.3 Å². The predicted molar refractivity (Wildman–Crippen MR) is 82.8 cm³/mol. The highest BCUT2D eigenvalue weighted by Crippen LogP contribution is 2.31. The van der Waals surface area contributed by atoms with Gasteiger partial charge in [0.15, 0.2) is 0 Å². The summed E-state index contributed by atoms with van der Waals surface area (Å²) in [7, 11) is 0. The van der Waals surface area contributed by atoms with Crippen LogP contribution in [0.4, 0.5) is 11.6 Å². The fraction of sp³-hybridized carbons (Fsp3) is 0.133. The van der Waals surface area contributed by atoms with Gasteiger partial charge in [-0.15, -0.1) is 0 Å². The van der Waals surface area contributed by atoms with Crippen LogP contribution < -0.4 is 5.32 Å². The van der Waals surface area contributed by atoms with E-state index in [2.05, 4.69) is 62.0 Å². The minimum atomic E-state index is 0.870. The van der Waals surface area contributed by atoms with Gasteiger partial charge < -0.3 is 9.88 Å². The van der Waals surface area contributed by atoms with Crippen molar-refractivity contribution < 1.29 is 0 Å². The molecule has 0 aliphatic rings. The molecule has 0 aliphatic carbocycles. The van der Waals surface area contributed by atoms with Gasteiger partial charge in [-0.1, -0.05) is 40.2 Å². The van der Waals surface area contributed by atoms with Crippen LogP contribution in [0.2, 0.25) is 0 Å². The average molecular weight is 316 g/mol. The van der Waals surface area contributed by atoms with Crippen molar-refractivity contribution in [1.29, 1.82) is 0 Å². The maximum Gasteiger partial charge on any atom is 0.207 e. The summed E-state index contributed by atoms with van der Waals surface area (Å²) in [5.41, 5.74) is 1.07. The summed E-state index contributed by atoms with van der Waals surface area (Å²) in [6.45, 7) is 3.00. The van der Waals surface area contributed by atoms with E-state index in [1.807, 2.05) is 24.5 Å². The van der Waals surface area contributed by atoms with Crippen molar-refractivity contribution in [2.24, 2.45) is 0 Å². The number of aryl methyl sites for hydroxylation is 1. The van der Waals surface area contributed by atoms with Crippen LogP contribution in [0.15, 0.2) is 53.3 Å². The molecule has 0 bridgehead atoms. The molecule has 0 spiro atoms. The summed E-state index contributed by atoms with van der Waals surface area (Å²) in [6, 6.07) is 12.4. The first-order valence-corrected chi connectivity index (χ1v) is 7.04. The van der Waals surface area contributed by atoms with Crippen molar-refractivity contribution in [3.05, 3.63) is 53.3 Å². The van der Waals surface area contributed by atoms with E-state index in [0.717, 1.165) is 22.7 Å². The van der Waals surface area contributed by atoms with Crippen LogP contribution in [0.1, 0.15) is 6.92 Å². The van der Waals surface area contributed by atoms with E-state index in [0.29, 0.717) is 0 Å². The second kappa shape index (κ2) is 5.05. The standard InChI is InChI=1S/C15H14BrN3/c1-2-19-10-9-17-15(19)18-14-8-7-13(16)11-5-3-4-6-12(11)14/h3-10H,2H2,1H3,(H,17,18). The Bertz CT molecular complexity index is 718. The zero-order valence-electron chi connectivity index (χ0n) is 10.6. The van der Waals surface area contributed by atoms with Gasteiger partial charge in [-0.05, 0) is 24.4 Å². The van der Waals surface area contributed by atoms with Crippen LogP contribution in [0.3, 0.4) is 0 Å². The molecule has 0 saturated carbocycles. The molecule has 0 unspecified atom stereocenters. The maximum absolute atomic E-state index is 4.35. The van der Waals surface area contributed by atoms with Crippen molar-refractivity contribution in [2.75, 3.05) is 5.32 Å². The van der Waals surface area contributed by atoms with Crippen LogP contribution >= 0.6 is 15.9 Å². The van der Waals surface area contributed by atoms with Crippen molar-refractivity contribution in [3.63, 3.8) is 0 Å². The lowest BCUT2D eigenvalue weighted by Crippen LogP contribution is -2.01. The van der Waals surface area contributed by atoms with E-state index in [4.69, 9.17) is 0 Å². The highest BCUT2D eigenvalue weighted by Gasteiger charge is 2.06. The molecule has 0 amide bonds. The number of nitrogens with zero attached hydrogens (tertiary/aromatic N) is 2. The highest BCUT2D eigenvalue weighted by molar-refractivity contribution is 9.10. The molecule has 3 aromatic rings. The minimum Gasteiger partial charge on any atom is -0.325 e. The lowest BCUT2D eigenvalue weighted by atomic mass is 10.1. The summed E-state index contributed by atoms with van der Waals surface area (Å²) in [6.07, 6.45) is 3.79. The van der Waals surface area contributed by atoms with E-state index in [1.165, 1.54) is 10.8 Å². The van der Waals surface area contributed by atoms with Gasteiger partial charge in [0.1, 0.15) is 0 Å². The molecule has 3 nitrogen and oxygen atoms in total. The van der Waals surface area contributed by atoms with E-state index in [1.54, 1.807) is 0 Å². The van der Waals surface area contributed by atoms with Gasteiger partial charge in [0, 0.05) is 34.5 Å². The van der Waals surface area contributed by atoms with Gasteiger partial charge in [-0.2, -0.15) is 0 Å². The predicted octanol–water partition coefficient (Wildman–Crippen LogP) is 4.56. The monoisotopic (exact) mass is 315 g/mol. The van der Waals surface area contributed by atoms with Crippen LogP contribution in [0, 0.1) is 0 Å². The average Bonchev–Trinajstić information content (AvgIpc) is 2.89. The first-order chi connectivity index (χ1) is 9.29. The lowest BCUT2D eigenvalue weighted by Gasteiger charge is -2.11. The topological polar surface area (TPSA) is 29.9 Å². The number of anilines is 2. The van der Waals surface area contributed by atoms with Crippen molar-refractivity contribution in [3.8, 4) is 0 Å². The number of halogens is 1. The largest absolute Gasteiger partial charge is 0.325 e. The van der Waals surface area contributed by atoms with Crippen LogP contribution in [0.5, 0.6) is 0 Å². The fourth-order valence-electron chi connectivity index (χ4n) is 2.18. The number of rotatable bonds is 3. The summed E-state index contributed by atoms with van der Waals surface area (Å²) in [4.78, 5) is 4.35. The molecule has 0 fully saturated rings.